The van der Waals surface area contributed by atoms with Crippen LogP contribution in [0.15, 0.2) is 30.3 Å². The summed E-state index contributed by atoms with van der Waals surface area (Å²) in [5.74, 6) is -1.84. The maximum absolute atomic E-state index is 13.9. The number of hydrogen-bond acceptors (Lipinski definition) is 4. The van der Waals surface area contributed by atoms with E-state index >= 15 is 0 Å². The number of halogens is 6. The van der Waals surface area contributed by atoms with E-state index in [9.17, 15) is 34.8 Å². The van der Waals surface area contributed by atoms with E-state index in [1.54, 1.807) is 6.07 Å². The van der Waals surface area contributed by atoms with Crippen LogP contribution in [0.4, 0.5) is 26.3 Å². The first-order valence-corrected chi connectivity index (χ1v) is 12.3. The number of hydrogen-bond donors (Lipinski definition) is 0. The molecular formula is C22H24F6O4S. The van der Waals surface area contributed by atoms with Gasteiger partial charge < -0.3 is 4.74 Å². The molecule has 1 saturated carbocycles. The van der Waals surface area contributed by atoms with Crippen LogP contribution in [0.2, 0.25) is 0 Å². The summed E-state index contributed by atoms with van der Waals surface area (Å²) in [5, 5.41) is 0.261. The van der Waals surface area contributed by atoms with Gasteiger partial charge >= 0.3 is 12.4 Å². The van der Waals surface area contributed by atoms with Gasteiger partial charge in [-0.3, -0.25) is 4.18 Å². The Morgan fingerprint density at radius 1 is 0.970 bits per heavy atom. The highest BCUT2D eigenvalue weighted by Gasteiger charge is 2.42. The van der Waals surface area contributed by atoms with Crippen molar-refractivity contribution < 1.29 is 43.7 Å². The van der Waals surface area contributed by atoms with Gasteiger partial charge in [-0.25, -0.2) is 0 Å². The van der Waals surface area contributed by atoms with Crippen LogP contribution in [0.5, 0.6) is 5.75 Å². The van der Waals surface area contributed by atoms with Crippen LogP contribution in [0.3, 0.4) is 0 Å². The largest absolute Gasteiger partial charge is 0.490 e. The van der Waals surface area contributed by atoms with Crippen molar-refractivity contribution in [1.82, 2.24) is 0 Å². The van der Waals surface area contributed by atoms with Gasteiger partial charge in [0.1, 0.15) is 11.3 Å². The summed E-state index contributed by atoms with van der Waals surface area (Å²) >= 11 is 0. The molecule has 0 aromatic heterocycles. The highest BCUT2D eigenvalue weighted by atomic mass is 32.2. The number of rotatable bonds is 7. The third kappa shape index (κ3) is 6.99. The zero-order valence-corrected chi connectivity index (χ0v) is 18.6. The van der Waals surface area contributed by atoms with Crippen LogP contribution in [0.25, 0.3) is 10.8 Å². The summed E-state index contributed by atoms with van der Waals surface area (Å²) in [6, 6.07) is 7.13. The molecule has 0 unspecified atom stereocenters. The van der Waals surface area contributed by atoms with Crippen LogP contribution < -0.4 is 4.74 Å². The van der Waals surface area contributed by atoms with Crippen LogP contribution in [-0.2, 0) is 26.9 Å². The Morgan fingerprint density at radius 2 is 1.64 bits per heavy atom. The number of alkyl halides is 6. The van der Waals surface area contributed by atoms with Gasteiger partial charge in [0.05, 0.1) is 24.9 Å². The van der Waals surface area contributed by atoms with Crippen molar-refractivity contribution in [2.75, 3.05) is 12.9 Å². The highest BCUT2D eigenvalue weighted by molar-refractivity contribution is 7.85. The van der Waals surface area contributed by atoms with Crippen LogP contribution in [0, 0.1) is 5.92 Å². The zero-order valence-electron chi connectivity index (χ0n) is 17.8. The Balaban J connectivity index is 1.77. The Hall–Kier alpha value is -2.01. The second-order valence-corrected chi connectivity index (χ2v) is 9.90. The fraction of sp³-hybridized carbons (Fsp3) is 0.545. The first-order chi connectivity index (χ1) is 15.2. The normalized spacial score (nSPS) is 20.2. The summed E-state index contributed by atoms with van der Waals surface area (Å²) < 4.78 is 112. The van der Waals surface area contributed by atoms with Crippen molar-refractivity contribution in [3.05, 3.63) is 41.5 Å². The minimum atomic E-state index is -4.72. The van der Waals surface area contributed by atoms with E-state index in [4.69, 9.17) is 4.74 Å². The molecule has 0 radical (unpaired) electrons. The highest BCUT2D eigenvalue weighted by Crippen LogP contribution is 2.44. The van der Waals surface area contributed by atoms with Gasteiger partial charge in [-0.2, -0.15) is 34.8 Å². The van der Waals surface area contributed by atoms with Gasteiger partial charge in [0.2, 0.25) is 0 Å². The van der Waals surface area contributed by atoms with Gasteiger partial charge in [0.25, 0.3) is 10.1 Å². The van der Waals surface area contributed by atoms with Gasteiger partial charge in [0.15, 0.2) is 0 Å². The van der Waals surface area contributed by atoms with Crippen molar-refractivity contribution in [1.29, 1.82) is 0 Å². The summed E-state index contributed by atoms with van der Waals surface area (Å²) in [7, 11) is -3.56. The molecule has 0 bridgehead atoms. The maximum atomic E-state index is 13.9. The molecule has 0 amide bonds. The first-order valence-electron chi connectivity index (χ1n) is 10.4. The average molecular weight is 498 g/mol. The summed E-state index contributed by atoms with van der Waals surface area (Å²) in [6.45, 7) is -0.0337. The Kier molecular flexibility index (Phi) is 7.52. The maximum Gasteiger partial charge on any atom is 0.420 e. The average Bonchev–Trinajstić information content (AvgIpc) is 2.69. The zero-order chi connectivity index (χ0) is 24.4. The van der Waals surface area contributed by atoms with Gasteiger partial charge in [0, 0.05) is 0 Å². The van der Waals surface area contributed by atoms with Crippen molar-refractivity contribution in [3.63, 3.8) is 0 Å². The second kappa shape index (κ2) is 9.69. The lowest BCUT2D eigenvalue weighted by Gasteiger charge is -2.31. The van der Waals surface area contributed by atoms with E-state index in [0.717, 1.165) is 6.26 Å². The fourth-order valence-electron chi connectivity index (χ4n) is 4.08. The standard InChI is InChI=1S/C22H24F6O4S/c1-33(29,30)31-12-2-3-14-4-10-18-15(13-14)5-11-19(20(18)22(26,27)28)32-17-8-6-16(7-9-17)21(23,24)25/h4-5,10-11,13,16-17H,2-3,6-9,12H2,1H3. The molecule has 1 fully saturated rings. The smallest absolute Gasteiger partial charge is 0.420 e. The number of aryl methyl sites for hydroxylation is 1. The Morgan fingerprint density at radius 3 is 2.21 bits per heavy atom. The molecule has 2 aromatic rings. The van der Waals surface area contributed by atoms with E-state index in [-0.39, 0.29) is 43.4 Å². The first kappa shape index (κ1) is 25.6. The van der Waals surface area contributed by atoms with E-state index in [1.165, 1.54) is 24.3 Å². The van der Waals surface area contributed by atoms with Crippen LogP contribution in [-0.4, -0.2) is 33.6 Å². The summed E-state index contributed by atoms with van der Waals surface area (Å²) in [6.07, 6.45) is -8.30. The number of ether oxygens (including phenoxy) is 1. The van der Waals surface area contributed by atoms with E-state index in [1.807, 2.05) is 0 Å². The predicted octanol–water partition coefficient (Wildman–Crippen LogP) is 6.27. The van der Waals surface area contributed by atoms with Crippen molar-refractivity contribution >= 4 is 20.9 Å². The molecule has 184 valence electrons. The summed E-state index contributed by atoms with van der Waals surface area (Å²) in [5.41, 5.74) is -0.239. The Bertz CT molecular complexity index is 1070. The minimum absolute atomic E-state index is 0.0337. The second-order valence-electron chi connectivity index (χ2n) is 8.25. The molecule has 33 heavy (non-hydrogen) atoms. The van der Waals surface area contributed by atoms with Crippen molar-refractivity contribution in [2.45, 2.75) is 57.0 Å². The molecule has 4 nitrogen and oxygen atoms in total. The molecule has 0 aliphatic heterocycles. The molecule has 0 N–H and O–H groups in total. The van der Waals surface area contributed by atoms with E-state index in [0.29, 0.717) is 23.8 Å². The molecule has 11 heteroatoms. The molecule has 0 spiro atoms. The topological polar surface area (TPSA) is 52.6 Å². The molecule has 0 saturated heterocycles. The van der Waals surface area contributed by atoms with E-state index in [2.05, 4.69) is 4.18 Å². The molecule has 3 rings (SSSR count). The molecule has 1 aliphatic rings. The number of benzene rings is 2. The molecule has 2 aromatic carbocycles. The number of fused-ring (bicyclic) bond motifs is 1. The van der Waals surface area contributed by atoms with E-state index < -0.39 is 40.1 Å². The lowest BCUT2D eigenvalue weighted by molar-refractivity contribution is -0.185. The van der Waals surface area contributed by atoms with Crippen molar-refractivity contribution in [3.8, 4) is 5.75 Å². The van der Waals surface area contributed by atoms with Gasteiger partial charge in [-0.15, -0.1) is 0 Å². The van der Waals surface area contributed by atoms with Crippen molar-refractivity contribution in [2.24, 2.45) is 5.92 Å². The monoisotopic (exact) mass is 498 g/mol. The lowest BCUT2D eigenvalue weighted by Crippen LogP contribution is -2.32. The SMILES string of the molecule is CS(=O)(=O)OCCCc1ccc2c(C(F)(F)F)c(OC3CCC(C(F)(F)F)CC3)ccc2c1. The summed E-state index contributed by atoms with van der Waals surface area (Å²) in [4.78, 5) is 0. The van der Waals surface area contributed by atoms with Crippen LogP contribution in [0.1, 0.15) is 43.2 Å². The Labute approximate surface area is 188 Å². The quantitative estimate of drug-likeness (QED) is 0.257. The van der Waals surface area contributed by atoms with Crippen LogP contribution >= 0.6 is 0 Å². The molecule has 1 aliphatic carbocycles. The third-order valence-corrected chi connectivity index (χ3v) is 6.26. The van der Waals surface area contributed by atoms with Gasteiger partial charge in [-0.1, -0.05) is 24.3 Å². The third-order valence-electron chi connectivity index (χ3n) is 5.67. The molecule has 0 heterocycles. The minimum Gasteiger partial charge on any atom is -0.490 e. The fourth-order valence-corrected chi connectivity index (χ4v) is 4.50. The molecular weight excluding hydrogens is 474 g/mol. The lowest BCUT2D eigenvalue weighted by atomic mass is 9.87. The molecule has 0 atom stereocenters. The predicted molar refractivity (Wildman–Crippen MR) is 110 cm³/mol. The van der Waals surface area contributed by atoms with Gasteiger partial charge in [-0.05, 0) is 60.9 Å².